The quantitative estimate of drug-likeness (QED) is 0.757. The van der Waals surface area contributed by atoms with Crippen molar-refractivity contribution in [3.05, 3.63) is 33.8 Å². The summed E-state index contributed by atoms with van der Waals surface area (Å²) < 4.78 is 28.8. The molecule has 0 bridgehead atoms. The van der Waals surface area contributed by atoms with Gasteiger partial charge in [0.2, 0.25) is 0 Å². The van der Waals surface area contributed by atoms with Crippen LogP contribution in [0.5, 0.6) is 0 Å². The normalized spacial score (nSPS) is 23.3. The summed E-state index contributed by atoms with van der Waals surface area (Å²) in [5.41, 5.74) is 0.273. The molecule has 1 aliphatic rings. The SMILES string of the molecule is CC(C)NCC1CCCCC1c1c(F)ccc(Br)c1F. The van der Waals surface area contributed by atoms with Crippen molar-refractivity contribution >= 4 is 15.9 Å². The monoisotopic (exact) mass is 345 g/mol. The van der Waals surface area contributed by atoms with Gasteiger partial charge in [0.25, 0.3) is 0 Å². The summed E-state index contributed by atoms with van der Waals surface area (Å²) in [6.45, 7) is 5.02. The summed E-state index contributed by atoms with van der Waals surface area (Å²) in [5, 5.41) is 3.41. The van der Waals surface area contributed by atoms with Crippen LogP contribution in [0.1, 0.15) is 51.0 Å². The molecule has 20 heavy (non-hydrogen) atoms. The maximum Gasteiger partial charge on any atom is 0.143 e. The van der Waals surface area contributed by atoms with Gasteiger partial charge in [-0.2, -0.15) is 0 Å². The summed E-state index contributed by atoms with van der Waals surface area (Å²) in [7, 11) is 0. The van der Waals surface area contributed by atoms with Crippen LogP contribution >= 0.6 is 15.9 Å². The molecule has 1 fully saturated rings. The van der Waals surface area contributed by atoms with E-state index in [1.165, 1.54) is 12.1 Å². The smallest absolute Gasteiger partial charge is 0.143 e. The van der Waals surface area contributed by atoms with Crippen molar-refractivity contribution < 1.29 is 8.78 Å². The van der Waals surface area contributed by atoms with Crippen LogP contribution in [0.2, 0.25) is 0 Å². The van der Waals surface area contributed by atoms with E-state index in [-0.39, 0.29) is 11.5 Å². The second kappa shape index (κ2) is 6.99. The van der Waals surface area contributed by atoms with Gasteiger partial charge in [0, 0.05) is 11.6 Å². The van der Waals surface area contributed by atoms with Gasteiger partial charge >= 0.3 is 0 Å². The number of nitrogens with one attached hydrogen (secondary N) is 1. The van der Waals surface area contributed by atoms with Crippen LogP contribution in [0.3, 0.4) is 0 Å². The molecule has 2 atom stereocenters. The lowest BCUT2D eigenvalue weighted by Crippen LogP contribution is -2.34. The molecule has 0 spiro atoms. The molecule has 0 aromatic heterocycles. The number of hydrogen-bond donors (Lipinski definition) is 1. The van der Waals surface area contributed by atoms with Gasteiger partial charge in [-0.15, -0.1) is 0 Å². The van der Waals surface area contributed by atoms with Crippen molar-refractivity contribution in [3.8, 4) is 0 Å². The minimum Gasteiger partial charge on any atom is -0.314 e. The summed E-state index contributed by atoms with van der Waals surface area (Å²) >= 11 is 3.17. The molecule has 112 valence electrons. The van der Waals surface area contributed by atoms with Crippen molar-refractivity contribution in [2.75, 3.05) is 6.54 Å². The fraction of sp³-hybridized carbons (Fsp3) is 0.625. The molecule has 1 saturated carbocycles. The Morgan fingerprint density at radius 1 is 1.25 bits per heavy atom. The molecule has 2 unspecified atom stereocenters. The largest absolute Gasteiger partial charge is 0.314 e. The Bertz CT molecular complexity index is 462. The Labute approximate surface area is 128 Å². The number of halogens is 3. The maximum atomic E-state index is 14.3. The van der Waals surface area contributed by atoms with Gasteiger partial charge in [-0.25, -0.2) is 8.78 Å². The Hall–Kier alpha value is -0.480. The van der Waals surface area contributed by atoms with E-state index >= 15 is 0 Å². The molecular formula is C16H22BrF2N. The molecule has 0 saturated heterocycles. The van der Waals surface area contributed by atoms with E-state index in [0.717, 1.165) is 32.2 Å². The van der Waals surface area contributed by atoms with Gasteiger partial charge < -0.3 is 5.32 Å². The van der Waals surface area contributed by atoms with E-state index < -0.39 is 11.6 Å². The molecule has 4 heteroatoms. The number of hydrogen-bond acceptors (Lipinski definition) is 1. The van der Waals surface area contributed by atoms with E-state index in [1.54, 1.807) is 0 Å². The molecule has 1 aliphatic carbocycles. The molecular weight excluding hydrogens is 324 g/mol. The van der Waals surface area contributed by atoms with E-state index in [4.69, 9.17) is 0 Å². The first-order chi connectivity index (χ1) is 9.50. The lowest BCUT2D eigenvalue weighted by molar-refractivity contribution is 0.278. The van der Waals surface area contributed by atoms with Crippen LogP contribution in [-0.4, -0.2) is 12.6 Å². The lowest BCUT2D eigenvalue weighted by Gasteiger charge is -2.33. The van der Waals surface area contributed by atoms with E-state index in [0.29, 0.717) is 16.4 Å². The second-order valence-electron chi connectivity index (χ2n) is 5.97. The molecule has 1 N–H and O–H groups in total. The minimum absolute atomic E-state index is 0.0208. The van der Waals surface area contributed by atoms with Crippen molar-refractivity contribution in [3.63, 3.8) is 0 Å². The van der Waals surface area contributed by atoms with Crippen molar-refractivity contribution in [2.24, 2.45) is 5.92 Å². The van der Waals surface area contributed by atoms with Gasteiger partial charge in [-0.05, 0) is 59.3 Å². The fourth-order valence-electron chi connectivity index (χ4n) is 3.10. The zero-order valence-corrected chi connectivity index (χ0v) is 13.6. The van der Waals surface area contributed by atoms with Gasteiger partial charge in [-0.1, -0.05) is 26.7 Å². The average Bonchev–Trinajstić information content (AvgIpc) is 2.42. The number of rotatable bonds is 4. The highest BCUT2D eigenvalue weighted by Crippen LogP contribution is 2.41. The zero-order valence-electron chi connectivity index (χ0n) is 12.1. The molecule has 1 aromatic carbocycles. The molecule has 0 amide bonds. The van der Waals surface area contributed by atoms with Crippen LogP contribution in [0.25, 0.3) is 0 Å². The second-order valence-corrected chi connectivity index (χ2v) is 6.83. The Kier molecular flexibility index (Phi) is 5.56. The highest BCUT2D eigenvalue weighted by Gasteiger charge is 2.31. The predicted octanol–water partition coefficient (Wildman–Crippen LogP) is 5.00. The first kappa shape index (κ1) is 15.9. The van der Waals surface area contributed by atoms with Crippen LogP contribution in [0.4, 0.5) is 8.78 Å². The summed E-state index contributed by atoms with van der Waals surface area (Å²) in [6.07, 6.45) is 4.11. The van der Waals surface area contributed by atoms with Crippen LogP contribution in [0.15, 0.2) is 16.6 Å². The Balaban J connectivity index is 2.26. The standard InChI is InChI=1S/C16H22BrF2N/c1-10(2)20-9-11-5-3-4-6-12(11)15-14(18)8-7-13(17)16(15)19/h7-8,10-12,20H,3-6,9H2,1-2H3. The van der Waals surface area contributed by atoms with Crippen LogP contribution in [0, 0.1) is 17.6 Å². The fourth-order valence-corrected chi connectivity index (χ4v) is 3.45. The van der Waals surface area contributed by atoms with E-state index in [1.807, 2.05) is 0 Å². The third-order valence-electron chi connectivity index (χ3n) is 4.15. The third kappa shape index (κ3) is 3.59. The summed E-state index contributed by atoms with van der Waals surface area (Å²) in [6, 6.07) is 3.21. The predicted molar refractivity (Wildman–Crippen MR) is 81.9 cm³/mol. The lowest BCUT2D eigenvalue weighted by atomic mass is 9.75. The summed E-state index contributed by atoms with van der Waals surface area (Å²) in [4.78, 5) is 0. The van der Waals surface area contributed by atoms with Gasteiger partial charge in [0.05, 0.1) is 4.47 Å². The van der Waals surface area contributed by atoms with Crippen molar-refractivity contribution in [1.82, 2.24) is 5.32 Å². The number of benzene rings is 1. The molecule has 1 nitrogen and oxygen atoms in total. The topological polar surface area (TPSA) is 12.0 Å². The molecule has 0 radical (unpaired) electrons. The highest BCUT2D eigenvalue weighted by atomic mass is 79.9. The van der Waals surface area contributed by atoms with Gasteiger partial charge in [0.15, 0.2) is 0 Å². The average molecular weight is 346 g/mol. The van der Waals surface area contributed by atoms with Crippen molar-refractivity contribution in [2.45, 2.75) is 51.5 Å². The Morgan fingerprint density at radius 2 is 1.95 bits per heavy atom. The zero-order chi connectivity index (χ0) is 14.7. The maximum absolute atomic E-state index is 14.3. The van der Waals surface area contributed by atoms with Gasteiger partial charge in [0.1, 0.15) is 11.6 Å². The summed E-state index contributed by atoms with van der Waals surface area (Å²) in [5.74, 6) is -0.546. The first-order valence-electron chi connectivity index (χ1n) is 7.37. The highest BCUT2D eigenvalue weighted by molar-refractivity contribution is 9.10. The third-order valence-corrected chi connectivity index (χ3v) is 4.76. The minimum atomic E-state index is -0.425. The molecule has 2 rings (SSSR count). The molecule has 0 aliphatic heterocycles. The molecule has 1 aromatic rings. The molecule has 0 heterocycles. The van der Waals surface area contributed by atoms with Crippen LogP contribution in [-0.2, 0) is 0 Å². The van der Waals surface area contributed by atoms with E-state index in [9.17, 15) is 8.78 Å². The first-order valence-corrected chi connectivity index (χ1v) is 8.16. The van der Waals surface area contributed by atoms with Gasteiger partial charge in [-0.3, -0.25) is 0 Å². The van der Waals surface area contributed by atoms with Crippen LogP contribution < -0.4 is 5.32 Å². The Morgan fingerprint density at radius 3 is 2.65 bits per heavy atom. The van der Waals surface area contributed by atoms with Crippen molar-refractivity contribution in [1.29, 1.82) is 0 Å². The van der Waals surface area contributed by atoms with E-state index in [2.05, 4.69) is 35.1 Å².